The summed E-state index contributed by atoms with van der Waals surface area (Å²) in [4.78, 5) is 19.7. The first kappa shape index (κ1) is 34.7. The van der Waals surface area contributed by atoms with E-state index in [1.54, 1.807) is 0 Å². The number of carbonyl (C=O) groups is 1. The van der Waals surface area contributed by atoms with Gasteiger partial charge in [-0.3, -0.25) is 14.6 Å². The Hall–Kier alpha value is -0.310. The minimum absolute atomic E-state index is 0. The van der Waals surface area contributed by atoms with Crippen molar-refractivity contribution in [2.24, 2.45) is 11.8 Å². The van der Waals surface area contributed by atoms with Crippen molar-refractivity contribution >= 4 is 55.5 Å². The maximum Gasteiger partial charge on any atom is 0.220 e. The average molecular weight is 573 g/mol. The lowest BCUT2D eigenvalue weighted by molar-refractivity contribution is -0.121. The third kappa shape index (κ3) is 11.3. The second kappa shape index (κ2) is 18.0. The number of piperidine rings is 2. The first-order valence-electron chi connectivity index (χ1n) is 12.3. The van der Waals surface area contributed by atoms with E-state index in [1.165, 1.54) is 25.1 Å². The first-order valence-corrected chi connectivity index (χ1v) is 12.3. The number of rotatable bonds is 9. The van der Waals surface area contributed by atoms with E-state index >= 15 is 0 Å². The SMILES string of the molecule is CN1CCN(CCNC(=O)CCC[C@H]2NCC3CC2CN(Cc2ccccc2)C3)CC1.Cl.Cl.Cl.Cl. The maximum absolute atomic E-state index is 12.3. The van der Waals surface area contributed by atoms with Crippen LogP contribution in [-0.4, -0.2) is 92.6 Å². The molecule has 3 aliphatic rings. The second-order valence-corrected chi connectivity index (χ2v) is 9.94. The van der Waals surface area contributed by atoms with E-state index in [2.05, 4.69) is 62.7 Å². The van der Waals surface area contributed by atoms with Crippen LogP contribution in [0.3, 0.4) is 0 Å². The van der Waals surface area contributed by atoms with Crippen LogP contribution in [0.2, 0.25) is 0 Å². The van der Waals surface area contributed by atoms with Crippen LogP contribution in [0.15, 0.2) is 30.3 Å². The fourth-order valence-corrected chi connectivity index (χ4v) is 5.58. The molecule has 2 N–H and O–H groups in total. The molecule has 10 heteroatoms. The molecule has 1 amide bonds. The minimum atomic E-state index is 0. The predicted octanol–water partition coefficient (Wildman–Crippen LogP) is 3.32. The van der Waals surface area contributed by atoms with Crippen LogP contribution >= 0.6 is 49.6 Å². The van der Waals surface area contributed by atoms with Gasteiger partial charge in [0.1, 0.15) is 0 Å². The highest BCUT2D eigenvalue weighted by Crippen LogP contribution is 2.31. The summed E-state index contributed by atoms with van der Waals surface area (Å²) in [6.07, 6.45) is 4.10. The van der Waals surface area contributed by atoms with Gasteiger partial charge < -0.3 is 15.5 Å². The van der Waals surface area contributed by atoms with Crippen molar-refractivity contribution in [2.45, 2.75) is 38.3 Å². The number of piperazine rings is 1. The topological polar surface area (TPSA) is 50.9 Å². The molecule has 3 aliphatic heterocycles. The van der Waals surface area contributed by atoms with Crippen molar-refractivity contribution in [3.05, 3.63) is 35.9 Å². The zero-order valence-electron chi connectivity index (χ0n) is 20.9. The Morgan fingerprint density at radius 3 is 2.43 bits per heavy atom. The van der Waals surface area contributed by atoms with Crippen LogP contribution in [0.4, 0.5) is 0 Å². The van der Waals surface area contributed by atoms with Crippen molar-refractivity contribution in [1.29, 1.82) is 0 Å². The zero-order valence-corrected chi connectivity index (χ0v) is 24.2. The Morgan fingerprint density at radius 1 is 1.00 bits per heavy atom. The number of benzene rings is 1. The van der Waals surface area contributed by atoms with Gasteiger partial charge in [-0.25, -0.2) is 0 Å². The Bertz CT molecular complexity index is 694. The number of hydrogen-bond donors (Lipinski definition) is 2. The molecule has 0 aliphatic carbocycles. The fraction of sp³-hybridized carbons (Fsp3) is 0.720. The standard InChI is InChI=1S/C25H41N5O.4ClH/c1-28-12-14-29(15-13-28)11-10-26-25(31)9-5-8-24-23-16-22(17-27-24)19-30(20-23)18-21-6-3-2-4-7-21;;;;/h2-4,6-7,22-24,27H,5,8-20H2,1H3,(H,26,31);4*1H/t22?,23?,24-;;;;/m1..../s1. The number of likely N-dealkylation sites (tertiary alicyclic amines) is 1. The lowest BCUT2D eigenvalue weighted by Crippen LogP contribution is -2.55. The number of nitrogens with zero attached hydrogens (tertiary/aromatic N) is 3. The van der Waals surface area contributed by atoms with Crippen LogP contribution < -0.4 is 10.6 Å². The van der Waals surface area contributed by atoms with Gasteiger partial charge >= 0.3 is 0 Å². The van der Waals surface area contributed by atoms with Gasteiger partial charge in [0.2, 0.25) is 5.91 Å². The molecule has 35 heavy (non-hydrogen) atoms. The highest BCUT2D eigenvalue weighted by molar-refractivity contribution is 5.86. The summed E-state index contributed by atoms with van der Waals surface area (Å²) in [5.74, 6) is 1.71. The molecule has 3 atom stereocenters. The third-order valence-electron chi connectivity index (χ3n) is 7.40. The van der Waals surface area contributed by atoms with Crippen LogP contribution in [-0.2, 0) is 11.3 Å². The lowest BCUT2D eigenvalue weighted by atomic mass is 9.79. The number of amides is 1. The molecular weight excluding hydrogens is 528 g/mol. The Balaban J connectivity index is 0.00000289. The number of hydrogen-bond acceptors (Lipinski definition) is 5. The van der Waals surface area contributed by atoms with Gasteiger partial charge in [0, 0.05) is 71.4 Å². The van der Waals surface area contributed by atoms with Gasteiger partial charge in [-0.05, 0) is 50.3 Å². The van der Waals surface area contributed by atoms with Crippen molar-refractivity contribution in [3.63, 3.8) is 0 Å². The summed E-state index contributed by atoms with van der Waals surface area (Å²) in [6, 6.07) is 11.4. The largest absolute Gasteiger partial charge is 0.355 e. The normalized spacial score (nSPS) is 24.7. The van der Waals surface area contributed by atoms with E-state index < -0.39 is 0 Å². The quantitative estimate of drug-likeness (QED) is 0.475. The summed E-state index contributed by atoms with van der Waals surface area (Å²) in [7, 11) is 2.18. The molecule has 3 fully saturated rings. The molecule has 2 bridgehead atoms. The summed E-state index contributed by atoms with van der Waals surface area (Å²) in [5, 5.41) is 6.93. The Labute approximate surface area is 237 Å². The van der Waals surface area contributed by atoms with Gasteiger partial charge in [-0.15, -0.1) is 49.6 Å². The second-order valence-electron chi connectivity index (χ2n) is 9.94. The average Bonchev–Trinajstić information content (AvgIpc) is 2.77. The molecule has 1 aromatic carbocycles. The molecule has 0 aromatic heterocycles. The number of halogens is 4. The van der Waals surface area contributed by atoms with Crippen LogP contribution in [0, 0.1) is 11.8 Å². The molecule has 0 spiro atoms. The number of likely N-dealkylation sites (N-methyl/N-ethyl adjacent to an activating group) is 1. The summed E-state index contributed by atoms with van der Waals surface area (Å²) in [5.41, 5.74) is 1.42. The van der Waals surface area contributed by atoms with Crippen LogP contribution in [0.25, 0.3) is 0 Å². The van der Waals surface area contributed by atoms with Gasteiger partial charge in [-0.2, -0.15) is 0 Å². The first-order chi connectivity index (χ1) is 15.2. The van der Waals surface area contributed by atoms with E-state index in [-0.39, 0.29) is 55.5 Å². The lowest BCUT2D eigenvalue weighted by Gasteiger charge is -2.46. The summed E-state index contributed by atoms with van der Waals surface area (Å²) < 4.78 is 0. The molecule has 2 unspecified atom stereocenters. The Morgan fingerprint density at radius 2 is 1.71 bits per heavy atom. The number of fused-ring (bicyclic) bond motifs is 2. The van der Waals surface area contributed by atoms with E-state index in [0.29, 0.717) is 12.5 Å². The van der Waals surface area contributed by atoms with Gasteiger partial charge in [0.25, 0.3) is 0 Å². The van der Waals surface area contributed by atoms with Crippen molar-refractivity contribution < 1.29 is 4.79 Å². The number of nitrogens with one attached hydrogen (secondary N) is 2. The van der Waals surface area contributed by atoms with E-state index in [0.717, 1.165) is 77.0 Å². The van der Waals surface area contributed by atoms with Crippen LogP contribution in [0.1, 0.15) is 31.2 Å². The van der Waals surface area contributed by atoms with Crippen LogP contribution in [0.5, 0.6) is 0 Å². The smallest absolute Gasteiger partial charge is 0.220 e. The summed E-state index contributed by atoms with van der Waals surface area (Å²) in [6.45, 7) is 10.8. The van der Waals surface area contributed by atoms with Crippen molar-refractivity contribution in [2.75, 3.05) is 66.0 Å². The van der Waals surface area contributed by atoms with Gasteiger partial charge in [0.15, 0.2) is 0 Å². The third-order valence-corrected chi connectivity index (χ3v) is 7.40. The predicted molar refractivity (Wildman–Crippen MR) is 155 cm³/mol. The molecular formula is C25H45Cl4N5O. The van der Waals surface area contributed by atoms with Crippen molar-refractivity contribution in [3.8, 4) is 0 Å². The number of carbonyl (C=O) groups excluding carboxylic acids is 1. The Kier molecular flexibility index (Phi) is 17.9. The molecule has 0 radical (unpaired) electrons. The van der Waals surface area contributed by atoms with E-state index in [1.807, 2.05) is 0 Å². The minimum Gasteiger partial charge on any atom is -0.355 e. The molecule has 0 saturated carbocycles. The highest BCUT2D eigenvalue weighted by atomic mass is 35.5. The highest BCUT2D eigenvalue weighted by Gasteiger charge is 2.36. The zero-order chi connectivity index (χ0) is 21.5. The van der Waals surface area contributed by atoms with Gasteiger partial charge in [0.05, 0.1) is 0 Å². The molecule has 204 valence electrons. The van der Waals surface area contributed by atoms with Crippen molar-refractivity contribution in [1.82, 2.24) is 25.3 Å². The summed E-state index contributed by atoms with van der Waals surface area (Å²) >= 11 is 0. The fourth-order valence-electron chi connectivity index (χ4n) is 5.58. The maximum atomic E-state index is 12.3. The molecule has 1 aromatic rings. The van der Waals surface area contributed by atoms with E-state index in [9.17, 15) is 4.79 Å². The van der Waals surface area contributed by atoms with Gasteiger partial charge in [-0.1, -0.05) is 30.3 Å². The monoisotopic (exact) mass is 571 g/mol. The molecule has 6 nitrogen and oxygen atoms in total. The molecule has 4 rings (SSSR count). The molecule has 3 heterocycles. The molecule has 3 saturated heterocycles. The van der Waals surface area contributed by atoms with E-state index in [4.69, 9.17) is 0 Å².